The molecule has 0 atom stereocenters. The molecule has 1 fully saturated rings. The van der Waals surface area contributed by atoms with Gasteiger partial charge in [0.15, 0.2) is 0 Å². The van der Waals surface area contributed by atoms with E-state index in [1.165, 1.54) is 24.1 Å². The summed E-state index contributed by atoms with van der Waals surface area (Å²) in [5, 5.41) is 7.64. The number of anilines is 2. The summed E-state index contributed by atoms with van der Waals surface area (Å²) in [6.07, 6.45) is 2.75. The lowest BCUT2D eigenvalue weighted by Gasteiger charge is -2.20. The first-order valence-electron chi connectivity index (χ1n) is 10.8. The number of nitrogens with zero attached hydrogens (tertiary/aromatic N) is 5. The molecule has 31 heavy (non-hydrogen) atoms. The number of benzene rings is 1. The largest absolute Gasteiger partial charge is 0.371 e. The summed E-state index contributed by atoms with van der Waals surface area (Å²) in [6, 6.07) is 8.09. The minimum Gasteiger partial charge on any atom is -0.371 e. The van der Waals surface area contributed by atoms with E-state index in [2.05, 4.69) is 44.3 Å². The van der Waals surface area contributed by atoms with Gasteiger partial charge in [-0.15, -0.1) is 0 Å². The fraction of sp³-hybridized carbons (Fsp3) is 0.417. The fourth-order valence-electron chi connectivity index (χ4n) is 4.34. The van der Waals surface area contributed by atoms with Gasteiger partial charge in [0.1, 0.15) is 0 Å². The van der Waals surface area contributed by atoms with Crippen LogP contribution in [0.1, 0.15) is 46.7 Å². The molecule has 1 N–H and O–H groups in total. The van der Waals surface area contributed by atoms with E-state index in [-0.39, 0.29) is 12.3 Å². The lowest BCUT2D eigenvalue weighted by Crippen LogP contribution is -2.19. The van der Waals surface area contributed by atoms with Crippen molar-refractivity contribution in [1.82, 2.24) is 19.7 Å². The summed E-state index contributed by atoms with van der Waals surface area (Å²) in [7, 11) is 0. The highest BCUT2D eigenvalue weighted by Crippen LogP contribution is 2.27. The molecule has 0 saturated carbocycles. The zero-order valence-corrected chi connectivity index (χ0v) is 19.0. The van der Waals surface area contributed by atoms with Gasteiger partial charge in [-0.05, 0) is 77.3 Å². The van der Waals surface area contributed by atoms with Crippen molar-refractivity contribution in [3.63, 3.8) is 0 Å². The summed E-state index contributed by atoms with van der Waals surface area (Å²) in [4.78, 5) is 24.2. The van der Waals surface area contributed by atoms with Gasteiger partial charge in [-0.25, -0.2) is 14.6 Å². The summed E-state index contributed by atoms with van der Waals surface area (Å²) >= 11 is 0. The van der Waals surface area contributed by atoms with Crippen LogP contribution in [-0.4, -0.2) is 38.7 Å². The van der Waals surface area contributed by atoms with Crippen molar-refractivity contribution < 1.29 is 4.79 Å². The standard InChI is InChI=1S/C24H30N6O/c1-15-12-20(8-9-22(15)29-10-6-7-11-29)27-23(31)14-21-18(4)28-30(19(21)5)24-25-16(2)13-17(3)26-24/h8-9,12-13H,6-7,10-11,14H2,1-5H3,(H,27,31). The molecule has 1 aliphatic rings. The predicted molar refractivity (Wildman–Crippen MR) is 123 cm³/mol. The first-order chi connectivity index (χ1) is 14.8. The Kier molecular flexibility index (Phi) is 5.76. The van der Waals surface area contributed by atoms with Crippen LogP contribution in [0.2, 0.25) is 0 Å². The monoisotopic (exact) mass is 418 g/mol. The molecule has 1 aliphatic heterocycles. The number of rotatable bonds is 5. The number of carbonyl (C=O) groups is 1. The minimum absolute atomic E-state index is 0.0552. The van der Waals surface area contributed by atoms with E-state index in [9.17, 15) is 4.79 Å². The minimum atomic E-state index is -0.0552. The number of hydrogen-bond acceptors (Lipinski definition) is 5. The van der Waals surface area contributed by atoms with Crippen molar-refractivity contribution in [3.05, 3.63) is 58.2 Å². The van der Waals surface area contributed by atoms with Crippen molar-refractivity contribution in [3.8, 4) is 5.95 Å². The third-order valence-electron chi connectivity index (χ3n) is 5.87. The van der Waals surface area contributed by atoms with Crippen molar-refractivity contribution in [2.75, 3.05) is 23.3 Å². The smallest absolute Gasteiger partial charge is 0.251 e. The molecular formula is C24H30N6O. The maximum atomic E-state index is 12.8. The molecule has 1 amide bonds. The molecule has 1 aromatic carbocycles. The summed E-state index contributed by atoms with van der Waals surface area (Å²) in [5.74, 6) is 0.485. The molecule has 4 rings (SSSR count). The van der Waals surface area contributed by atoms with Gasteiger partial charge >= 0.3 is 0 Å². The van der Waals surface area contributed by atoms with Crippen molar-refractivity contribution in [2.45, 2.75) is 53.9 Å². The van der Waals surface area contributed by atoms with Crippen LogP contribution in [0.3, 0.4) is 0 Å². The number of aromatic nitrogens is 4. The zero-order chi connectivity index (χ0) is 22.1. The van der Waals surface area contributed by atoms with E-state index in [1.54, 1.807) is 4.68 Å². The van der Waals surface area contributed by atoms with Crippen molar-refractivity contribution >= 4 is 17.3 Å². The molecule has 3 aromatic rings. The van der Waals surface area contributed by atoms with Gasteiger partial charge < -0.3 is 10.2 Å². The molecule has 0 bridgehead atoms. The Bertz CT molecular complexity index is 1110. The van der Waals surface area contributed by atoms with Gasteiger partial charge in [0.2, 0.25) is 5.91 Å². The molecular weight excluding hydrogens is 388 g/mol. The maximum absolute atomic E-state index is 12.8. The molecule has 1 saturated heterocycles. The van der Waals surface area contributed by atoms with Crippen LogP contribution in [0.15, 0.2) is 24.3 Å². The Hall–Kier alpha value is -3.22. The Balaban J connectivity index is 1.50. The number of hydrogen-bond donors (Lipinski definition) is 1. The van der Waals surface area contributed by atoms with E-state index in [0.717, 1.165) is 47.1 Å². The second kappa shape index (κ2) is 8.49. The molecule has 162 valence electrons. The lowest BCUT2D eigenvalue weighted by molar-refractivity contribution is -0.115. The predicted octanol–water partition coefficient (Wildman–Crippen LogP) is 3.99. The third-order valence-corrected chi connectivity index (χ3v) is 5.87. The molecule has 0 radical (unpaired) electrons. The van der Waals surface area contributed by atoms with Crippen LogP contribution in [-0.2, 0) is 11.2 Å². The van der Waals surface area contributed by atoms with Crippen LogP contribution in [0.25, 0.3) is 5.95 Å². The molecule has 0 aliphatic carbocycles. The summed E-state index contributed by atoms with van der Waals surface area (Å²) in [6.45, 7) is 12.1. The maximum Gasteiger partial charge on any atom is 0.251 e. The van der Waals surface area contributed by atoms with Crippen LogP contribution in [0.5, 0.6) is 0 Å². The molecule has 0 spiro atoms. The number of amides is 1. The van der Waals surface area contributed by atoms with Crippen LogP contribution >= 0.6 is 0 Å². The highest BCUT2D eigenvalue weighted by Gasteiger charge is 2.19. The first kappa shape index (κ1) is 21.0. The van der Waals surface area contributed by atoms with Gasteiger partial charge in [-0.3, -0.25) is 4.79 Å². The average Bonchev–Trinajstić information content (AvgIpc) is 3.31. The average molecular weight is 419 g/mol. The quantitative estimate of drug-likeness (QED) is 0.678. The Labute approximate surface area is 183 Å². The summed E-state index contributed by atoms with van der Waals surface area (Å²) < 4.78 is 1.73. The number of aryl methyl sites for hydroxylation is 4. The third kappa shape index (κ3) is 4.45. The van der Waals surface area contributed by atoms with Crippen LogP contribution < -0.4 is 10.2 Å². The van der Waals surface area contributed by atoms with Gasteiger partial charge in [-0.2, -0.15) is 5.10 Å². The number of nitrogens with one attached hydrogen (secondary N) is 1. The van der Waals surface area contributed by atoms with E-state index in [4.69, 9.17) is 0 Å². The Morgan fingerprint density at radius 1 is 1.00 bits per heavy atom. The van der Waals surface area contributed by atoms with Crippen LogP contribution in [0, 0.1) is 34.6 Å². The van der Waals surface area contributed by atoms with Gasteiger partial charge in [0.25, 0.3) is 5.95 Å². The SMILES string of the molecule is Cc1cc(C)nc(-n2nc(C)c(CC(=O)Nc3ccc(N4CCCC4)c(C)c3)c2C)n1. The second-order valence-corrected chi connectivity index (χ2v) is 8.43. The van der Waals surface area contributed by atoms with Crippen molar-refractivity contribution in [1.29, 1.82) is 0 Å². The highest BCUT2D eigenvalue weighted by atomic mass is 16.1. The van der Waals surface area contributed by atoms with E-state index >= 15 is 0 Å². The van der Waals surface area contributed by atoms with E-state index in [1.807, 2.05) is 39.8 Å². The van der Waals surface area contributed by atoms with Gasteiger partial charge in [0, 0.05) is 47.1 Å². The molecule has 7 heteroatoms. The lowest BCUT2D eigenvalue weighted by atomic mass is 10.1. The Morgan fingerprint density at radius 2 is 1.68 bits per heavy atom. The first-order valence-corrected chi connectivity index (χ1v) is 10.8. The second-order valence-electron chi connectivity index (χ2n) is 8.43. The summed E-state index contributed by atoms with van der Waals surface area (Å²) in [5.41, 5.74) is 7.67. The topological polar surface area (TPSA) is 75.9 Å². The zero-order valence-electron chi connectivity index (χ0n) is 19.0. The van der Waals surface area contributed by atoms with Gasteiger partial charge in [-0.1, -0.05) is 0 Å². The van der Waals surface area contributed by atoms with Gasteiger partial charge in [0.05, 0.1) is 12.1 Å². The van der Waals surface area contributed by atoms with E-state index < -0.39 is 0 Å². The highest BCUT2D eigenvalue weighted by molar-refractivity contribution is 5.93. The molecule has 0 unspecified atom stereocenters. The molecule has 2 aromatic heterocycles. The normalized spacial score (nSPS) is 13.6. The van der Waals surface area contributed by atoms with Crippen LogP contribution in [0.4, 0.5) is 11.4 Å². The molecule has 7 nitrogen and oxygen atoms in total. The van der Waals surface area contributed by atoms with Crippen molar-refractivity contribution in [2.24, 2.45) is 0 Å². The molecule has 3 heterocycles. The Morgan fingerprint density at radius 3 is 2.32 bits per heavy atom. The fourth-order valence-corrected chi connectivity index (χ4v) is 4.34. The van der Waals surface area contributed by atoms with E-state index in [0.29, 0.717) is 5.95 Å². The number of carbonyl (C=O) groups excluding carboxylic acids is 1.